The molecule has 0 radical (unpaired) electrons. The third kappa shape index (κ3) is 2.84. The minimum Gasteiger partial charge on any atom is -0.342 e. The number of carbonyl (C=O) groups is 1. The number of amides is 1. The number of hydrogen-bond donors (Lipinski definition) is 1. The van der Waals surface area contributed by atoms with E-state index in [0.717, 1.165) is 22.5 Å². The van der Waals surface area contributed by atoms with Gasteiger partial charge in [0, 0.05) is 24.3 Å². The molecule has 2 aromatic carbocycles. The molecular weight excluding hydrogens is 374 g/mol. The van der Waals surface area contributed by atoms with Crippen LogP contribution < -0.4 is 10.2 Å². The summed E-state index contributed by atoms with van der Waals surface area (Å²) < 4.78 is 2.01. The summed E-state index contributed by atoms with van der Waals surface area (Å²) in [5.41, 5.74) is 4.79. The lowest BCUT2D eigenvalue weighted by molar-refractivity contribution is 0.0893. The van der Waals surface area contributed by atoms with E-state index in [1.54, 1.807) is 12.4 Å². The summed E-state index contributed by atoms with van der Waals surface area (Å²) in [6.45, 7) is 6.24. The lowest BCUT2D eigenvalue weighted by Crippen LogP contribution is -2.61. The zero-order valence-electron chi connectivity index (χ0n) is 17.2. The van der Waals surface area contributed by atoms with Gasteiger partial charge in [0.2, 0.25) is 0 Å². The van der Waals surface area contributed by atoms with Crippen LogP contribution in [-0.2, 0) is 0 Å². The SMILES string of the molecule is C[C@H](c1ccccc1)N1c2cc(-n3ccc4nccnc43)ccc2C(=O)NC1(C)C. The highest BCUT2D eigenvalue weighted by atomic mass is 16.2. The predicted octanol–water partition coefficient (Wildman–Crippen LogP) is 4.47. The standard InChI is InChI=1S/C24H23N5O/c1-16(17-7-5-4-6-8-17)29-21-15-18(9-10-19(21)23(30)27-24(29,2)3)28-14-11-20-22(28)26-13-12-25-20/h4-16H,1-3H3,(H,27,30)/t16-/m1/s1. The summed E-state index contributed by atoms with van der Waals surface area (Å²) in [7, 11) is 0. The molecule has 3 heterocycles. The minimum absolute atomic E-state index is 0.0600. The lowest BCUT2D eigenvalue weighted by Gasteiger charge is -2.48. The molecule has 0 aliphatic carbocycles. The number of nitrogens with one attached hydrogen (secondary N) is 1. The van der Waals surface area contributed by atoms with Crippen molar-refractivity contribution in [2.75, 3.05) is 4.90 Å². The Bertz CT molecular complexity index is 1240. The van der Waals surface area contributed by atoms with E-state index >= 15 is 0 Å². The molecule has 1 N–H and O–H groups in total. The first-order valence-corrected chi connectivity index (χ1v) is 10.0. The van der Waals surface area contributed by atoms with Gasteiger partial charge in [0.25, 0.3) is 5.91 Å². The fourth-order valence-corrected chi connectivity index (χ4v) is 4.41. The molecular formula is C24H23N5O. The number of anilines is 1. The Hall–Kier alpha value is -3.67. The number of rotatable bonds is 3. The molecule has 1 amide bonds. The summed E-state index contributed by atoms with van der Waals surface area (Å²) in [6.07, 6.45) is 5.35. The van der Waals surface area contributed by atoms with E-state index in [0.29, 0.717) is 5.56 Å². The van der Waals surface area contributed by atoms with E-state index in [1.807, 2.05) is 61.0 Å². The minimum atomic E-state index is -0.545. The van der Waals surface area contributed by atoms with Crippen molar-refractivity contribution in [2.45, 2.75) is 32.5 Å². The van der Waals surface area contributed by atoms with Crippen LogP contribution in [0.25, 0.3) is 16.9 Å². The van der Waals surface area contributed by atoms with E-state index in [1.165, 1.54) is 5.56 Å². The van der Waals surface area contributed by atoms with Crippen LogP contribution in [-0.4, -0.2) is 26.1 Å². The van der Waals surface area contributed by atoms with Gasteiger partial charge in [-0.2, -0.15) is 0 Å². The Morgan fingerprint density at radius 1 is 1.00 bits per heavy atom. The first-order valence-electron chi connectivity index (χ1n) is 10.0. The van der Waals surface area contributed by atoms with E-state index in [4.69, 9.17) is 0 Å². The monoisotopic (exact) mass is 397 g/mol. The molecule has 0 saturated carbocycles. The molecule has 1 aliphatic rings. The van der Waals surface area contributed by atoms with Crippen molar-refractivity contribution in [3.05, 3.63) is 84.3 Å². The topological polar surface area (TPSA) is 63.1 Å². The summed E-state index contributed by atoms with van der Waals surface area (Å²) in [4.78, 5) is 24.0. The molecule has 6 heteroatoms. The Kier molecular flexibility index (Phi) is 4.10. The number of nitrogens with zero attached hydrogens (tertiary/aromatic N) is 4. The van der Waals surface area contributed by atoms with Crippen LogP contribution in [0.4, 0.5) is 5.69 Å². The molecule has 30 heavy (non-hydrogen) atoms. The number of fused-ring (bicyclic) bond motifs is 2. The van der Waals surface area contributed by atoms with Gasteiger partial charge >= 0.3 is 0 Å². The fraction of sp³-hybridized carbons (Fsp3) is 0.208. The average Bonchev–Trinajstić information content (AvgIpc) is 3.17. The van der Waals surface area contributed by atoms with Crippen molar-refractivity contribution in [1.29, 1.82) is 0 Å². The van der Waals surface area contributed by atoms with E-state index in [9.17, 15) is 4.79 Å². The molecule has 1 aliphatic heterocycles. The Morgan fingerprint density at radius 2 is 1.77 bits per heavy atom. The Labute approximate surface area is 175 Å². The summed E-state index contributed by atoms with van der Waals surface area (Å²) >= 11 is 0. The van der Waals surface area contributed by atoms with Gasteiger partial charge in [-0.15, -0.1) is 0 Å². The molecule has 2 aromatic heterocycles. The fourth-order valence-electron chi connectivity index (χ4n) is 4.41. The van der Waals surface area contributed by atoms with E-state index < -0.39 is 5.66 Å². The van der Waals surface area contributed by atoms with E-state index in [2.05, 4.69) is 45.3 Å². The van der Waals surface area contributed by atoms with Crippen LogP contribution in [0.2, 0.25) is 0 Å². The van der Waals surface area contributed by atoms with Gasteiger partial charge in [0.15, 0.2) is 5.65 Å². The van der Waals surface area contributed by atoms with Crippen molar-refractivity contribution in [3.8, 4) is 5.69 Å². The summed E-state index contributed by atoms with van der Waals surface area (Å²) in [5.74, 6) is -0.0600. The number of hydrogen-bond acceptors (Lipinski definition) is 4. The van der Waals surface area contributed by atoms with Crippen molar-refractivity contribution in [3.63, 3.8) is 0 Å². The zero-order valence-corrected chi connectivity index (χ0v) is 17.2. The molecule has 1 atom stereocenters. The second-order valence-electron chi connectivity index (χ2n) is 8.12. The van der Waals surface area contributed by atoms with Gasteiger partial charge in [-0.05, 0) is 50.6 Å². The quantitative estimate of drug-likeness (QED) is 0.554. The average molecular weight is 397 g/mol. The van der Waals surface area contributed by atoms with Crippen LogP contribution >= 0.6 is 0 Å². The molecule has 150 valence electrons. The first-order chi connectivity index (χ1) is 14.5. The lowest BCUT2D eigenvalue weighted by atomic mass is 9.96. The van der Waals surface area contributed by atoms with Crippen molar-refractivity contribution < 1.29 is 4.79 Å². The highest BCUT2D eigenvalue weighted by Gasteiger charge is 2.39. The first kappa shape index (κ1) is 18.4. The Balaban J connectivity index is 1.68. The highest BCUT2D eigenvalue weighted by molar-refractivity contribution is 6.03. The van der Waals surface area contributed by atoms with E-state index in [-0.39, 0.29) is 11.9 Å². The van der Waals surface area contributed by atoms with Crippen molar-refractivity contribution in [2.24, 2.45) is 0 Å². The van der Waals surface area contributed by atoms with Crippen molar-refractivity contribution in [1.82, 2.24) is 19.9 Å². The summed E-state index contributed by atoms with van der Waals surface area (Å²) in [6, 6.07) is 18.3. The van der Waals surface area contributed by atoms with Gasteiger partial charge < -0.3 is 10.2 Å². The van der Waals surface area contributed by atoms with Crippen LogP contribution in [0.1, 0.15) is 42.7 Å². The van der Waals surface area contributed by atoms with Gasteiger partial charge in [0.05, 0.1) is 17.3 Å². The van der Waals surface area contributed by atoms with Crippen LogP contribution in [0.15, 0.2) is 73.2 Å². The van der Waals surface area contributed by atoms with Gasteiger partial charge in [-0.3, -0.25) is 14.3 Å². The normalized spacial score (nSPS) is 16.2. The Morgan fingerprint density at radius 3 is 2.57 bits per heavy atom. The van der Waals surface area contributed by atoms with Gasteiger partial charge in [-0.1, -0.05) is 30.3 Å². The molecule has 5 rings (SSSR count). The second-order valence-corrected chi connectivity index (χ2v) is 8.12. The molecule has 0 unspecified atom stereocenters. The number of aromatic nitrogens is 3. The smallest absolute Gasteiger partial charge is 0.255 e. The van der Waals surface area contributed by atoms with Crippen molar-refractivity contribution >= 4 is 22.8 Å². The molecule has 4 aromatic rings. The number of carbonyl (C=O) groups excluding carboxylic acids is 1. The second kappa shape index (κ2) is 6.69. The number of benzene rings is 2. The van der Waals surface area contributed by atoms with Crippen LogP contribution in [0.3, 0.4) is 0 Å². The predicted molar refractivity (Wildman–Crippen MR) is 118 cm³/mol. The maximum absolute atomic E-state index is 12.8. The summed E-state index contributed by atoms with van der Waals surface area (Å²) in [5, 5.41) is 3.15. The largest absolute Gasteiger partial charge is 0.342 e. The molecule has 0 saturated heterocycles. The third-order valence-electron chi connectivity index (χ3n) is 5.77. The molecule has 0 bridgehead atoms. The van der Waals surface area contributed by atoms with Gasteiger partial charge in [-0.25, -0.2) is 4.98 Å². The van der Waals surface area contributed by atoms with Gasteiger partial charge in [0.1, 0.15) is 11.2 Å². The molecule has 6 nitrogen and oxygen atoms in total. The van der Waals surface area contributed by atoms with Crippen LogP contribution in [0.5, 0.6) is 0 Å². The van der Waals surface area contributed by atoms with Crippen LogP contribution in [0, 0.1) is 0 Å². The maximum atomic E-state index is 12.8. The zero-order chi connectivity index (χ0) is 20.9. The third-order valence-corrected chi connectivity index (χ3v) is 5.77. The molecule has 0 spiro atoms. The maximum Gasteiger partial charge on any atom is 0.255 e. The molecule has 0 fully saturated rings. The highest BCUT2D eigenvalue weighted by Crippen LogP contribution is 2.39.